The number of nitrogens with zero attached hydrogens (tertiary/aromatic N) is 4. The number of benzene rings is 1. The Balaban J connectivity index is 2.03. The highest BCUT2D eigenvalue weighted by molar-refractivity contribution is 5.79. The monoisotopic (exact) mass is 276 g/mol. The zero-order chi connectivity index (χ0) is 14.8. The molecule has 0 unspecified atom stereocenters. The van der Waals surface area contributed by atoms with Crippen LogP contribution in [0.1, 0.15) is 16.8 Å². The van der Waals surface area contributed by atoms with Crippen LogP contribution in [0.5, 0.6) is 11.6 Å². The molecule has 1 aromatic carbocycles. The van der Waals surface area contributed by atoms with Crippen LogP contribution in [0.15, 0.2) is 36.5 Å². The Morgan fingerprint density at radius 2 is 2.00 bits per heavy atom. The molecule has 3 aromatic rings. The molecule has 0 radical (unpaired) electrons. The van der Waals surface area contributed by atoms with Crippen molar-refractivity contribution in [2.24, 2.45) is 0 Å². The summed E-state index contributed by atoms with van der Waals surface area (Å²) in [5.74, 6) is 0.827. The Bertz CT molecular complexity index is 868. The number of pyridine rings is 1. The summed E-state index contributed by atoms with van der Waals surface area (Å²) in [6, 6.07) is 11.5. The predicted molar refractivity (Wildman–Crippen MR) is 78.0 cm³/mol. The third-order valence-corrected chi connectivity index (χ3v) is 3.32. The summed E-state index contributed by atoms with van der Waals surface area (Å²) in [6.45, 7) is 3.65. The van der Waals surface area contributed by atoms with Gasteiger partial charge in [0.05, 0.1) is 11.2 Å². The van der Waals surface area contributed by atoms with Crippen molar-refractivity contribution in [3.63, 3.8) is 0 Å². The lowest BCUT2D eigenvalue weighted by molar-refractivity contribution is 0.452. The third-order valence-electron chi connectivity index (χ3n) is 3.32. The van der Waals surface area contributed by atoms with E-state index in [1.165, 1.54) is 0 Å². The topological polar surface area (TPSA) is 71.7 Å². The molecular formula is C16H12N4O. The fourth-order valence-electron chi connectivity index (χ4n) is 2.02. The van der Waals surface area contributed by atoms with Gasteiger partial charge in [0.25, 0.3) is 5.88 Å². The van der Waals surface area contributed by atoms with Crippen LogP contribution in [0, 0.1) is 25.2 Å². The number of nitriles is 1. The first kappa shape index (κ1) is 13.0. The first-order valence-electron chi connectivity index (χ1n) is 6.45. The average Bonchev–Trinajstić information content (AvgIpc) is 2.51. The summed E-state index contributed by atoms with van der Waals surface area (Å²) in [7, 11) is 0. The van der Waals surface area contributed by atoms with Crippen LogP contribution in [0.4, 0.5) is 0 Å². The summed E-state index contributed by atoms with van der Waals surface area (Å²) in [5.41, 5.74) is 2.80. The summed E-state index contributed by atoms with van der Waals surface area (Å²) < 4.78 is 5.72. The molecule has 0 fully saturated rings. The molecule has 0 amide bonds. The van der Waals surface area contributed by atoms with E-state index in [0.717, 1.165) is 22.2 Å². The number of hydrogen-bond donors (Lipinski definition) is 0. The van der Waals surface area contributed by atoms with Crippen molar-refractivity contribution in [2.45, 2.75) is 13.8 Å². The smallest absolute Gasteiger partial charge is 0.257 e. The van der Waals surface area contributed by atoms with Gasteiger partial charge in [0.15, 0.2) is 0 Å². The molecule has 0 atom stereocenters. The molecule has 2 aromatic heterocycles. The average molecular weight is 276 g/mol. The van der Waals surface area contributed by atoms with E-state index < -0.39 is 0 Å². The number of ether oxygens (including phenoxy) is 1. The molecule has 0 aliphatic rings. The zero-order valence-corrected chi connectivity index (χ0v) is 11.7. The first-order valence-corrected chi connectivity index (χ1v) is 6.45. The quantitative estimate of drug-likeness (QED) is 0.718. The lowest BCUT2D eigenvalue weighted by Gasteiger charge is -2.09. The van der Waals surface area contributed by atoms with Crippen LogP contribution in [-0.4, -0.2) is 15.2 Å². The van der Waals surface area contributed by atoms with Crippen LogP contribution in [0.25, 0.3) is 10.9 Å². The summed E-state index contributed by atoms with van der Waals surface area (Å²) in [6.07, 6.45) is 1.74. The normalized spacial score (nSPS) is 10.3. The van der Waals surface area contributed by atoms with Gasteiger partial charge in [-0.2, -0.15) is 10.4 Å². The van der Waals surface area contributed by atoms with Gasteiger partial charge in [-0.3, -0.25) is 4.98 Å². The van der Waals surface area contributed by atoms with Crippen molar-refractivity contribution >= 4 is 10.9 Å². The van der Waals surface area contributed by atoms with Gasteiger partial charge in [-0.05, 0) is 43.7 Å². The second kappa shape index (κ2) is 5.17. The molecule has 0 saturated carbocycles. The molecule has 102 valence electrons. The number of aromatic nitrogens is 3. The Kier molecular flexibility index (Phi) is 3.20. The van der Waals surface area contributed by atoms with Gasteiger partial charge in [0.2, 0.25) is 0 Å². The second-order valence-corrected chi connectivity index (χ2v) is 4.66. The van der Waals surface area contributed by atoms with E-state index in [4.69, 9.17) is 4.74 Å². The Morgan fingerprint density at radius 1 is 1.14 bits per heavy atom. The number of rotatable bonds is 2. The molecule has 5 nitrogen and oxygen atoms in total. The van der Waals surface area contributed by atoms with Gasteiger partial charge in [0.1, 0.15) is 17.4 Å². The van der Waals surface area contributed by atoms with Crippen molar-refractivity contribution in [3.05, 3.63) is 53.3 Å². The van der Waals surface area contributed by atoms with Gasteiger partial charge >= 0.3 is 0 Å². The molecule has 2 heterocycles. The van der Waals surface area contributed by atoms with E-state index in [9.17, 15) is 5.26 Å². The van der Waals surface area contributed by atoms with E-state index in [-0.39, 0.29) is 5.88 Å². The predicted octanol–water partition coefficient (Wildman–Crippen LogP) is 3.31. The first-order chi connectivity index (χ1) is 10.2. The maximum atomic E-state index is 9.27. The van der Waals surface area contributed by atoms with E-state index >= 15 is 0 Å². The van der Waals surface area contributed by atoms with Crippen LogP contribution in [-0.2, 0) is 0 Å². The largest absolute Gasteiger partial charge is 0.437 e. The Hall–Kier alpha value is -3.00. The lowest BCUT2D eigenvalue weighted by Crippen LogP contribution is -2.00. The fraction of sp³-hybridized carbons (Fsp3) is 0.125. The van der Waals surface area contributed by atoms with Gasteiger partial charge in [0, 0.05) is 11.6 Å². The molecule has 21 heavy (non-hydrogen) atoms. The SMILES string of the molecule is Cc1nnc(Oc2ccc3ncccc3c2)c(C#N)c1C. The Labute approximate surface area is 121 Å². The molecule has 5 heteroatoms. The van der Waals surface area contributed by atoms with Crippen molar-refractivity contribution < 1.29 is 4.74 Å². The molecule has 0 bridgehead atoms. The number of aryl methyl sites for hydroxylation is 1. The summed E-state index contributed by atoms with van der Waals surface area (Å²) in [4.78, 5) is 4.25. The minimum atomic E-state index is 0.226. The van der Waals surface area contributed by atoms with Gasteiger partial charge in [-0.1, -0.05) is 6.07 Å². The molecule has 0 saturated heterocycles. The lowest BCUT2D eigenvalue weighted by atomic mass is 10.1. The van der Waals surface area contributed by atoms with Gasteiger partial charge in [-0.15, -0.1) is 5.10 Å². The minimum absolute atomic E-state index is 0.226. The van der Waals surface area contributed by atoms with Crippen LogP contribution in [0.2, 0.25) is 0 Å². The minimum Gasteiger partial charge on any atom is -0.437 e. The van der Waals surface area contributed by atoms with E-state index in [1.807, 2.05) is 38.1 Å². The molecule has 3 rings (SSSR count). The van der Waals surface area contributed by atoms with Crippen molar-refractivity contribution in [2.75, 3.05) is 0 Å². The molecular weight excluding hydrogens is 264 g/mol. The molecule has 0 aliphatic carbocycles. The van der Waals surface area contributed by atoms with Crippen LogP contribution >= 0.6 is 0 Å². The summed E-state index contributed by atoms with van der Waals surface area (Å²) >= 11 is 0. The standard InChI is InChI=1S/C16H12N4O/c1-10-11(2)19-20-16(14(10)9-17)21-13-5-6-15-12(8-13)4-3-7-18-15/h3-8H,1-2H3. The highest BCUT2D eigenvalue weighted by Gasteiger charge is 2.13. The second-order valence-electron chi connectivity index (χ2n) is 4.66. The van der Waals surface area contributed by atoms with Crippen LogP contribution in [0.3, 0.4) is 0 Å². The molecule has 0 N–H and O–H groups in total. The molecule has 0 spiro atoms. The number of hydrogen-bond acceptors (Lipinski definition) is 5. The maximum absolute atomic E-state index is 9.27. The summed E-state index contributed by atoms with van der Waals surface area (Å²) in [5, 5.41) is 18.2. The highest BCUT2D eigenvalue weighted by atomic mass is 16.5. The zero-order valence-electron chi connectivity index (χ0n) is 11.7. The third kappa shape index (κ3) is 2.39. The van der Waals surface area contributed by atoms with Crippen molar-refractivity contribution in [3.8, 4) is 17.7 Å². The van der Waals surface area contributed by atoms with Gasteiger partial charge in [-0.25, -0.2) is 0 Å². The van der Waals surface area contributed by atoms with E-state index in [0.29, 0.717) is 11.3 Å². The van der Waals surface area contributed by atoms with E-state index in [1.54, 1.807) is 12.3 Å². The van der Waals surface area contributed by atoms with Gasteiger partial charge < -0.3 is 4.74 Å². The van der Waals surface area contributed by atoms with Crippen LogP contribution < -0.4 is 4.74 Å². The Morgan fingerprint density at radius 3 is 2.81 bits per heavy atom. The number of fused-ring (bicyclic) bond motifs is 1. The van der Waals surface area contributed by atoms with Crippen molar-refractivity contribution in [1.82, 2.24) is 15.2 Å². The van der Waals surface area contributed by atoms with E-state index in [2.05, 4.69) is 21.3 Å². The molecule has 0 aliphatic heterocycles. The van der Waals surface area contributed by atoms with Crippen molar-refractivity contribution in [1.29, 1.82) is 5.26 Å². The fourth-order valence-corrected chi connectivity index (χ4v) is 2.02. The highest BCUT2D eigenvalue weighted by Crippen LogP contribution is 2.27. The maximum Gasteiger partial charge on any atom is 0.257 e.